The molecule has 0 fully saturated rings. The van der Waals surface area contributed by atoms with E-state index in [0.717, 1.165) is 32.8 Å². The quantitative estimate of drug-likeness (QED) is 0.479. The Morgan fingerprint density at radius 1 is 1.00 bits per heavy atom. The molecule has 128 valence electrons. The Kier molecular flexibility index (Phi) is 5.04. The Morgan fingerprint density at radius 3 is 2.40 bits per heavy atom. The molecule has 0 unspecified atom stereocenters. The first-order valence-corrected chi connectivity index (χ1v) is 8.93. The lowest BCUT2D eigenvalue weighted by atomic mass is 10.1. The van der Waals surface area contributed by atoms with Gasteiger partial charge in [-0.15, -0.1) is 0 Å². The third-order valence-corrected chi connectivity index (χ3v) is 4.84. The second-order valence-corrected chi connectivity index (χ2v) is 7.06. The fourth-order valence-electron chi connectivity index (χ4n) is 2.65. The number of aromatic nitrogens is 2. The summed E-state index contributed by atoms with van der Waals surface area (Å²) in [5.41, 5.74) is 10.7. The van der Waals surface area contributed by atoms with Gasteiger partial charge in [0, 0.05) is 10.0 Å². The van der Waals surface area contributed by atoms with E-state index in [4.69, 9.17) is 0 Å². The monoisotopic (exact) mass is 396 g/mol. The number of nitrogens with one attached hydrogen (secondary N) is 1. The Hall–Kier alpha value is -2.40. The van der Waals surface area contributed by atoms with Crippen molar-refractivity contribution in [1.82, 2.24) is 9.78 Å². The molecular weight excluding hydrogens is 376 g/mol. The highest BCUT2D eigenvalue weighted by molar-refractivity contribution is 9.10. The molecule has 0 saturated carbocycles. The predicted molar refractivity (Wildman–Crippen MR) is 108 cm³/mol. The third kappa shape index (κ3) is 3.82. The van der Waals surface area contributed by atoms with Crippen molar-refractivity contribution in [2.24, 2.45) is 5.10 Å². The number of hydrazone groups is 1. The van der Waals surface area contributed by atoms with Crippen molar-refractivity contribution in [1.29, 1.82) is 0 Å². The lowest BCUT2D eigenvalue weighted by Crippen LogP contribution is -2.00. The number of nitrogens with zero attached hydrogens (tertiary/aromatic N) is 3. The molecule has 1 N–H and O–H groups in total. The minimum absolute atomic E-state index is 0.941. The first-order valence-electron chi connectivity index (χ1n) is 8.14. The van der Waals surface area contributed by atoms with E-state index in [1.165, 1.54) is 11.1 Å². The van der Waals surface area contributed by atoms with E-state index in [9.17, 15) is 0 Å². The Balaban J connectivity index is 1.85. The smallest absolute Gasteiger partial charge is 0.0689 e. The van der Waals surface area contributed by atoms with Gasteiger partial charge in [0.05, 0.1) is 29.0 Å². The number of hydrogen-bond acceptors (Lipinski definition) is 3. The van der Waals surface area contributed by atoms with E-state index in [2.05, 4.69) is 70.5 Å². The lowest BCUT2D eigenvalue weighted by molar-refractivity contribution is 0.832. The standard InChI is InChI=1S/C20H21BrN4/c1-13-5-10-19(11-14(13)2)25-16(4)20(15(3)24-25)12-22-23-18-8-6-17(21)7-9-18/h5-12,23H,1-4H3/b22-12+. The van der Waals surface area contributed by atoms with Crippen LogP contribution in [0.3, 0.4) is 0 Å². The van der Waals surface area contributed by atoms with Crippen LogP contribution in [0.4, 0.5) is 5.69 Å². The van der Waals surface area contributed by atoms with Crippen molar-refractivity contribution in [2.75, 3.05) is 5.43 Å². The topological polar surface area (TPSA) is 42.2 Å². The van der Waals surface area contributed by atoms with Crippen LogP contribution in [0.2, 0.25) is 0 Å². The van der Waals surface area contributed by atoms with Crippen molar-refractivity contribution in [3.8, 4) is 5.69 Å². The van der Waals surface area contributed by atoms with E-state index >= 15 is 0 Å². The molecule has 0 bridgehead atoms. The zero-order chi connectivity index (χ0) is 18.0. The summed E-state index contributed by atoms with van der Waals surface area (Å²) in [6, 6.07) is 14.3. The molecule has 0 spiro atoms. The van der Waals surface area contributed by atoms with E-state index < -0.39 is 0 Å². The average molecular weight is 397 g/mol. The van der Waals surface area contributed by atoms with Crippen molar-refractivity contribution in [2.45, 2.75) is 27.7 Å². The highest BCUT2D eigenvalue weighted by Gasteiger charge is 2.11. The van der Waals surface area contributed by atoms with Gasteiger partial charge in [-0.05, 0) is 75.2 Å². The summed E-state index contributed by atoms with van der Waals surface area (Å²) < 4.78 is 3.02. The maximum atomic E-state index is 4.68. The van der Waals surface area contributed by atoms with Gasteiger partial charge in [-0.1, -0.05) is 22.0 Å². The maximum Gasteiger partial charge on any atom is 0.0689 e. The van der Waals surface area contributed by atoms with Gasteiger partial charge in [0.15, 0.2) is 0 Å². The molecule has 0 saturated heterocycles. The van der Waals surface area contributed by atoms with Crippen LogP contribution in [0.25, 0.3) is 5.69 Å². The molecule has 3 rings (SSSR count). The molecule has 4 nitrogen and oxygen atoms in total. The van der Waals surface area contributed by atoms with Crippen LogP contribution in [0.1, 0.15) is 28.1 Å². The highest BCUT2D eigenvalue weighted by atomic mass is 79.9. The summed E-state index contributed by atoms with van der Waals surface area (Å²) in [6.45, 7) is 8.31. The van der Waals surface area contributed by atoms with Crippen LogP contribution >= 0.6 is 15.9 Å². The number of halogens is 1. The summed E-state index contributed by atoms with van der Waals surface area (Å²) in [6.07, 6.45) is 1.83. The highest BCUT2D eigenvalue weighted by Crippen LogP contribution is 2.19. The zero-order valence-electron chi connectivity index (χ0n) is 14.8. The molecule has 5 heteroatoms. The SMILES string of the molecule is Cc1ccc(-n2nc(C)c(/C=N/Nc3ccc(Br)cc3)c2C)cc1C. The second kappa shape index (κ2) is 7.23. The molecule has 25 heavy (non-hydrogen) atoms. The third-order valence-electron chi connectivity index (χ3n) is 4.31. The van der Waals surface area contributed by atoms with Gasteiger partial charge in [0.1, 0.15) is 0 Å². The van der Waals surface area contributed by atoms with E-state index in [-0.39, 0.29) is 0 Å². The van der Waals surface area contributed by atoms with Crippen LogP contribution in [0.15, 0.2) is 52.0 Å². The van der Waals surface area contributed by atoms with E-state index in [1.54, 1.807) is 0 Å². The molecule has 1 aromatic heterocycles. The molecule has 0 aliphatic carbocycles. The van der Waals surface area contributed by atoms with Crippen LogP contribution in [0, 0.1) is 27.7 Å². The molecule has 3 aromatic rings. The maximum absolute atomic E-state index is 4.68. The predicted octanol–water partition coefficient (Wildman–Crippen LogP) is 5.31. The number of aryl methyl sites for hydroxylation is 3. The Labute approximate surface area is 156 Å². The normalized spacial score (nSPS) is 11.2. The largest absolute Gasteiger partial charge is 0.279 e. The molecule has 0 radical (unpaired) electrons. The molecule has 0 aliphatic heterocycles. The van der Waals surface area contributed by atoms with Gasteiger partial charge in [0.2, 0.25) is 0 Å². The Morgan fingerprint density at radius 2 is 1.72 bits per heavy atom. The van der Waals surface area contributed by atoms with Gasteiger partial charge in [-0.2, -0.15) is 10.2 Å². The molecular formula is C20H21BrN4. The van der Waals surface area contributed by atoms with Crippen molar-refractivity contribution in [3.63, 3.8) is 0 Å². The van der Waals surface area contributed by atoms with Gasteiger partial charge >= 0.3 is 0 Å². The van der Waals surface area contributed by atoms with E-state index in [0.29, 0.717) is 0 Å². The molecule has 2 aromatic carbocycles. The summed E-state index contributed by atoms with van der Waals surface area (Å²) in [4.78, 5) is 0. The van der Waals surface area contributed by atoms with Gasteiger partial charge in [-0.3, -0.25) is 5.43 Å². The van der Waals surface area contributed by atoms with Gasteiger partial charge < -0.3 is 0 Å². The zero-order valence-corrected chi connectivity index (χ0v) is 16.4. The number of benzene rings is 2. The first-order chi connectivity index (χ1) is 12.0. The van der Waals surface area contributed by atoms with Gasteiger partial charge in [-0.25, -0.2) is 4.68 Å². The minimum atomic E-state index is 0.941. The molecule has 0 atom stereocenters. The number of hydrogen-bond donors (Lipinski definition) is 1. The molecule has 0 aliphatic rings. The second-order valence-electron chi connectivity index (χ2n) is 6.14. The number of rotatable bonds is 4. The van der Waals surface area contributed by atoms with Crippen molar-refractivity contribution < 1.29 is 0 Å². The van der Waals surface area contributed by atoms with E-state index in [1.807, 2.05) is 42.1 Å². The number of anilines is 1. The van der Waals surface area contributed by atoms with Crippen molar-refractivity contribution in [3.05, 3.63) is 75.0 Å². The van der Waals surface area contributed by atoms with Crippen LogP contribution in [-0.2, 0) is 0 Å². The summed E-state index contributed by atoms with van der Waals surface area (Å²) in [7, 11) is 0. The lowest BCUT2D eigenvalue weighted by Gasteiger charge is -2.07. The van der Waals surface area contributed by atoms with Crippen LogP contribution in [-0.4, -0.2) is 16.0 Å². The molecule has 1 heterocycles. The summed E-state index contributed by atoms with van der Waals surface area (Å²) >= 11 is 3.43. The Bertz CT molecular complexity index is 924. The first kappa shape index (κ1) is 17.4. The fourth-order valence-corrected chi connectivity index (χ4v) is 2.91. The van der Waals surface area contributed by atoms with Crippen molar-refractivity contribution >= 4 is 27.8 Å². The minimum Gasteiger partial charge on any atom is -0.279 e. The van der Waals surface area contributed by atoms with Gasteiger partial charge in [0.25, 0.3) is 0 Å². The van der Waals surface area contributed by atoms with Crippen LogP contribution < -0.4 is 5.43 Å². The summed E-state index contributed by atoms with van der Waals surface area (Å²) in [5, 5.41) is 9.04. The summed E-state index contributed by atoms with van der Waals surface area (Å²) in [5.74, 6) is 0. The molecule has 0 amide bonds. The average Bonchev–Trinajstić information content (AvgIpc) is 2.87. The fraction of sp³-hybridized carbons (Fsp3) is 0.200. The van der Waals surface area contributed by atoms with Crippen LogP contribution in [0.5, 0.6) is 0 Å².